The molecule has 0 aliphatic heterocycles. The van der Waals surface area contributed by atoms with Crippen LogP contribution >= 0.6 is 0 Å². The van der Waals surface area contributed by atoms with Crippen molar-refractivity contribution in [1.29, 1.82) is 0 Å². The third-order valence-electron chi connectivity index (χ3n) is 8.73. The number of aliphatic hydroxyl groups excluding tert-OH is 2. The summed E-state index contributed by atoms with van der Waals surface area (Å²) in [6.07, 6.45) is -11.4. The van der Waals surface area contributed by atoms with E-state index < -0.39 is 61.1 Å². The van der Waals surface area contributed by atoms with Gasteiger partial charge in [0.15, 0.2) is 46.0 Å². The zero-order valence-corrected chi connectivity index (χ0v) is 28.3. The molecule has 16 heteroatoms. The molecule has 4 atom stereocenters. The van der Waals surface area contributed by atoms with E-state index in [0.29, 0.717) is 47.5 Å². The Morgan fingerprint density at radius 2 is 1.02 bits per heavy atom. The Bertz CT molecular complexity index is 1870. The van der Waals surface area contributed by atoms with Crippen LogP contribution in [0.2, 0.25) is 0 Å². The Labute approximate surface area is 299 Å². The lowest BCUT2D eigenvalue weighted by atomic mass is 9.92. The highest BCUT2D eigenvalue weighted by Gasteiger charge is 2.36. The van der Waals surface area contributed by atoms with Gasteiger partial charge in [-0.1, -0.05) is 24.3 Å². The monoisotopic (exact) mass is 754 g/mol. The van der Waals surface area contributed by atoms with E-state index in [2.05, 4.69) is 9.47 Å². The molecule has 1 aliphatic rings. The second-order valence-electron chi connectivity index (χ2n) is 12.2. The Balaban J connectivity index is 1.29. The molecule has 53 heavy (non-hydrogen) atoms. The lowest BCUT2D eigenvalue weighted by Gasteiger charge is -2.20. The summed E-state index contributed by atoms with van der Waals surface area (Å²) in [5.74, 6) is -2.62. The number of hydrogen-bond donors (Lipinski definition) is 4. The van der Waals surface area contributed by atoms with Gasteiger partial charge in [0.1, 0.15) is 25.4 Å². The molecule has 286 valence electrons. The van der Waals surface area contributed by atoms with E-state index in [1.165, 1.54) is 50.6 Å². The molecule has 4 aromatic rings. The highest BCUT2D eigenvalue weighted by atomic mass is 19.4. The van der Waals surface area contributed by atoms with Gasteiger partial charge >= 0.3 is 12.7 Å². The van der Waals surface area contributed by atoms with Gasteiger partial charge in [-0.15, -0.1) is 26.3 Å². The number of phenols is 2. The first kappa shape index (κ1) is 39.0. The normalized spacial score (nSPS) is 17.2. The van der Waals surface area contributed by atoms with Gasteiger partial charge in [-0.05, 0) is 102 Å². The van der Waals surface area contributed by atoms with E-state index in [-0.39, 0.29) is 28.9 Å². The Morgan fingerprint density at radius 1 is 0.566 bits per heavy atom. The first-order valence-corrected chi connectivity index (χ1v) is 16.2. The van der Waals surface area contributed by atoms with Gasteiger partial charge in [0.2, 0.25) is 0 Å². The molecule has 5 rings (SSSR count). The molecule has 0 saturated heterocycles. The summed E-state index contributed by atoms with van der Waals surface area (Å²) in [7, 11) is 2.85. The lowest BCUT2D eigenvalue weighted by Crippen LogP contribution is -2.19. The first-order valence-electron chi connectivity index (χ1n) is 16.2. The molecule has 0 amide bonds. The summed E-state index contributed by atoms with van der Waals surface area (Å²) >= 11 is 0. The summed E-state index contributed by atoms with van der Waals surface area (Å²) < 4.78 is 110. The summed E-state index contributed by atoms with van der Waals surface area (Å²) in [6, 6.07) is 16.2. The maximum Gasteiger partial charge on any atom is 0.573 e. The first-order chi connectivity index (χ1) is 25.0. The van der Waals surface area contributed by atoms with Crippen LogP contribution in [0.3, 0.4) is 0 Å². The minimum atomic E-state index is -5.08. The molecule has 4 N–H and O–H groups in total. The summed E-state index contributed by atoms with van der Waals surface area (Å²) in [5.41, 5.74) is 1.47. The quantitative estimate of drug-likeness (QED) is 0.0737. The van der Waals surface area contributed by atoms with E-state index in [0.717, 1.165) is 12.1 Å². The highest BCUT2D eigenvalue weighted by molar-refractivity contribution is 5.48. The number of halogens is 6. The molecule has 4 unspecified atom stereocenters. The highest BCUT2D eigenvalue weighted by Crippen LogP contribution is 2.47. The van der Waals surface area contributed by atoms with Gasteiger partial charge < -0.3 is 48.8 Å². The van der Waals surface area contributed by atoms with Crippen molar-refractivity contribution in [2.45, 2.75) is 56.0 Å². The number of ether oxygens (including phenoxy) is 6. The molecule has 1 aliphatic carbocycles. The minimum Gasteiger partial charge on any atom is -0.504 e. The van der Waals surface area contributed by atoms with E-state index in [1.807, 2.05) is 0 Å². The number of aromatic hydroxyl groups is 2. The fourth-order valence-electron chi connectivity index (χ4n) is 6.13. The van der Waals surface area contributed by atoms with Crippen LogP contribution < -0.4 is 28.4 Å². The van der Waals surface area contributed by atoms with Crippen LogP contribution in [0.1, 0.15) is 65.6 Å². The predicted molar refractivity (Wildman–Crippen MR) is 176 cm³/mol. The van der Waals surface area contributed by atoms with Crippen LogP contribution in [0.15, 0.2) is 72.8 Å². The predicted octanol–water partition coefficient (Wildman–Crippen LogP) is 8.19. The van der Waals surface area contributed by atoms with E-state index in [1.54, 1.807) is 24.3 Å². The molecule has 0 radical (unpaired) electrons. The van der Waals surface area contributed by atoms with Gasteiger partial charge in [-0.25, -0.2) is 0 Å². The van der Waals surface area contributed by atoms with Gasteiger partial charge in [-0.3, -0.25) is 0 Å². The van der Waals surface area contributed by atoms with Gasteiger partial charge in [0, 0.05) is 0 Å². The van der Waals surface area contributed by atoms with E-state index in [9.17, 15) is 46.8 Å². The lowest BCUT2D eigenvalue weighted by molar-refractivity contribution is -0.276. The average molecular weight is 755 g/mol. The van der Waals surface area contributed by atoms with Crippen molar-refractivity contribution in [2.75, 3.05) is 27.4 Å². The molecule has 0 aromatic heterocycles. The van der Waals surface area contributed by atoms with Crippen molar-refractivity contribution in [3.8, 4) is 46.0 Å². The molecule has 0 bridgehead atoms. The molecule has 1 saturated carbocycles. The Kier molecular flexibility index (Phi) is 11.9. The number of phenolic OH excluding ortho intramolecular Hbond substituents is 2. The summed E-state index contributed by atoms with van der Waals surface area (Å²) in [4.78, 5) is 0. The van der Waals surface area contributed by atoms with Crippen molar-refractivity contribution in [3.63, 3.8) is 0 Å². The van der Waals surface area contributed by atoms with Gasteiger partial charge in [0.25, 0.3) is 0 Å². The second kappa shape index (κ2) is 16.2. The molecule has 1 fully saturated rings. The number of aliphatic hydroxyl groups is 2. The fourth-order valence-corrected chi connectivity index (χ4v) is 6.13. The summed E-state index contributed by atoms with van der Waals surface area (Å²) in [6.45, 7) is -0.934. The van der Waals surface area contributed by atoms with Crippen molar-refractivity contribution in [2.24, 2.45) is 0 Å². The largest absolute Gasteiger partial charge is 0.573 e. The van der Waals surface area contributed by atoms with Crippen LogP contribution in [0.25, 0.3) is 0 Å². The smallest absolute Gasteiger partial charge is 0.504 e. The number of benzene rings is 4. The third-order valence-corrected chi connectivity index (χ3v) is 8.73. The maximum atomic E-state index is 13.4. The van der Waals surface area contributed by atoms with E-state index in [4.69, 9.17) is 18.9 Å². The molecule has 0 spiro atoms. The minimum absolute atomic E-state index is 0.141. The van der Waals surface area contributed by atoms with Gasteiger partial charge in [-0.2, -0.15) is 0 Å². The van der Waals surface area contributed by atoms with Crippen LogP contribution in [-0.4, -0.2) is 60.6 Å². The Hall–Kier alpha value is -5.22. The van der Waals surface area contributed by atoms with Crippen molar-refractivity contribution < 1.29 is 75.2 Å². The van der Waals surface area contributed by atoms with Crippen LogP contribution in [0, 0.1) is 0 Å². The number of alkyl halides is 6. The van der Waals surface area contributed by atoms with Crippen LogP contribution in [0.4, 0.5) is 26.3 Å². The Morgan fingerprint density at radius 3 is 1.47 bits per heavy atom. The topological polar surface area (TPSA) is 136 Å². The van der Waals surface area contributed by atoms with Crippen molar-refractivity contribution in [3.05, 3.63) is 95.1 Å². The standard InChI is InChI=1S/C37H36F6O10/c1-48-30-10-8-25(17-33(30)49-2)29(47)19-51-32-12-7-23(16-35(32)53-37(41,42)43)21-4-3-20(13-21)22-6-11-31(34(15-22)52-36(38,39)40)50-18-28(46)24-5-9-26(44)27(45)14-24/h5-12,14-17,20-21,28-29,44-47H,3-4,13,18-19H2,1-2H3. The van der Waals surface area contributed by atoms with Gasteiger partial charge in [0.05, 0.1) is 14.2 Å². The number of hydrogen-bond acceptors (Lipinski definition) is 10. The fraction of sp³-hybridized carbons (Fsp3) is 0.351. The average Bonchev–Trinajstić information content (AvgIpc) is 3.60. The summed E-state index contributed by atoms with van der Waals surface area (Å²) in [5, 5.41) is 40.3. The van der Waals surface area contributed by atoms with Crippen LogP contribution in [-0.2, 0) is 0 Å². The second-order valence-corrected chi connectivity index (χ2v) is 12.2. The molecular weight excluding hydrogens is 718 g/mol. The van der Waals surface area contributed by atoms with Crippen molar-refractivity contribution >= 4 is 0 Å². The van der Waals surface area contributed by atoms with E-state index >= 15 is 0 Å². The molecule has 10 nitrogen and oxygen atoms in total. The van der Waals surface area contributed by atoms with Crippen LogP contribution in [0.5, 0.6) is 46.0 Å². The third kappa shape index (κ3) is 10.2. The number of methoxy groups -OCH3 is 2. The molecular formula is C37H36F6O10. The SMILES string of the molecule is COc1ccc(C(O)COc2ccc(C3CCC(c4ccc(OCC(O)c5ccc(O)c(O)c5)c(OC(F)(F)F)c4)C3)cc2OC(F)(F)F)cc1OC. The van der Waals surface area contributed by atoms with Crippen molar-refractivity contribution in [1.82, 2.24) is 0 Å². The number of rotatable bonds is 14. The zero-order chi connectivity index (χ0) is 38.5. The molecule has 0 heterocycles. The maximum absolute atomic E-state index is 13.4. The zero-order valence-electron chi connectivity index (χ0n) is 28.3. The molecule has 4 aromatic carbocycles.